The summed E-state index contributed by atoms with van der Waals surface area (Å²) in [6.45, 7) is 7.77. The Morgan fingerprint density at radius 1 is 0.370 bits per heavy atom. The lowest BCUT2D eigenvalue weighted by atomic mass is 9.98. The number of rotatable bonds is 45. The van der Waals surface area contributed by atoms with Gasteiger partial charge >= 0.3 is 11.9 Å². The maximum atomic E-state index is 13.1. The van der Waals surface area contributed by atoms with Gasteiger partial charge in [0.25, 0.3) is 0 Å². The molecule has 0 N–H and O–H groups in total. The second-order valence-electron chi connectivity index (χ2n) is 16.8. The molecule has 0 aliphatic rings. The van der Waals surface area contributed by atoms with Gasteiger partial charge in [-0.2, -0.15) is 0 Å². The van der Waals surface area contributed by atoms with Crippen molar-refractivity contribution >= 4 is 11.9 Å². The van der Waals surface area contributed by atoms with Crippen molar-refractivity contribution in [2.75, 3.05) is 13.2 Å². The summed E-state index contributed by atoms with van der Waals surface area (Å²) in [5, 5.41) is 0. The Kier molecular flexibility index (Phi) is 44.9. The predicted molar refractivity (Wildman–Crippen MR) is 236 cm³/mol. The van der Waals surface area contributed by atoms with Gasteiger partial charge in [-0.25, -0.2) is 0 Å². The summed E-state index contributed by atoms with van der Waals surface area (Å²) < 4.78 is 11.3. The van der Waals surface area contributed by atoms with Crippen LogP contribution in [0.5, 0.6) is 0 Å². The van der Waals surface area contributed by atoms with E-state index >= 15 is 0 Å². The van der Waals surface area contributed by atoms with Crippen molar-refractivity contribution in [3.63, 3.8) is 0 Å². The maximum Gasteiger partial charge on any atom is 0.309 e. The van der Waals surface area contributed by atoms with Gasteiger partial charge < -0.3 is 9.47 Å². The van der Waals surface area contributed by atoms with E-state index in [4.69, 9.17) is 9.47 Å². The summed E-state index contributed by atoms with van der Waals surface area (Å²) in [5.74, 6) is -0.835. The highest BCUT2D eigenvalue weighted by Gasteiger charge is 2.24. The molecule has 320 valence electrons. The molecule has 1 atom stereocenters. The molecule has 0 aliphatic heterocycles. The Labute approximate surface area is 338 Å². The van der Waals surface area contributed by atoms with Crippen LogP contribution in [0, 0.1) is 5.92 Å². The first kappa shape index (κ1) is 52.7. The molecule has 54 heavy (non-hydrogen) atoms. The lowest BCUT2D eigenvalue weighted by Gasteiger charge is -2.15. The second kappa shape index (κ2) is 46.1. The lowest BCUT2D eigenvalue weighted by molar-refractivity contribution is -0.155. The highest BCUT2D eigenvalue weighted by Crippen LogP contribution is 2.19. The van der Waals surface area contributed by atoms with E-state index in [2.05, 4.69) is 32.9 Å². The van der Waals surface area contributed by atoms with Gasteiger partial charge in [0.2, 0.25) is 0 Å². The molecule has 0 aromatic heterocycles. The van der Waals surface area contributed by atoms with Crippen LogP contribution in [-0.4, -0.2) is 25.2 Å². The number of carbonyl (C=O) groups excluding carboxylic acids is 2. The number of hydrogen-bond donors (Lipinski definition) is 0. The largest absolute Gasteiger partial charge is 0.466 e. The molecule has 0 fully saturated rings. The highest BCUT2D eigenvalue weighted by molar-refractivity contribution is 5.79. The number of ether oxygens (including phenoxy) is 2. The minimum atomic E-state index is -0.392. The average molecular weight is 761 g/mol. The van der Waals surface area contributed by atoms with Gasteiger partial charge in [-0.15, -0.1) is 0 Å². The van der Waals surface area contributed by atoms with Crippen LogP contribution in [0.1, 0.15) is 278 Å². The van der Waals surface area contributed by atoms with Crippen LogP contribution in [0.2, 0.25) is 0 Å². The number of hydrogen-bond acceptors (Lipinski definition) is 4. The SMILES string of the molecule is CCCCCCCCCCCCCCC/C=C/CCCC(CC(=O)OCCCCCCCCCCCCC)C(=O)OCCCCCCCCCCCCC. The molecule has 4 nitrogen and oxygen atoms in total. The second-order valence-corrected chi connectivity index (χ2v) is 16.8. The van der Waals surface area contributed by atoms with Crippen LogP contribution in [0.3, 0.4) is 0 Å². The van der Waals surface area contributed by atoms with Crippen LogP contribution in [0.25, 0.3) is 0 Å². The van der Waals surface area contributed by atoms with Crippen LogP contribution in [0.15, 0.2) is 12.2 Å². The number of allylic oxidation sites excluding steroid dienone is 2. The fourth-order valence-corrected chi connectivity index (χ4v) is 7.57. The smallest absolute Gasteiger partial charge is 0.309 e. The Bertz CT molecular complexity index is 777. The zero-order valence-corrected chi connectivity index (χ0v) is 37.1. The van der Waals surface area contributed by atoms with Gasteiger partial charge in [0.1, 0.15) is 0 Å². The van der Waals surface area contributed by atoms with Gasteiger partial charge in [0.05, 0.1) is 25.6 Å². The van der Waals surface area contributed by atoms with Crippen molar-refractivity contribution in [3.05, 3.63) is 12.2 Å². The van der Waals surface area contributed by atoms with E-state index in [1.807, 2.05) is 0 Å². The van der Waals surface area contributed by atoms with E-state index in [1.165, 1.54) is 199 Å². The standard InChI is InChI=1S/C50H96O4/c1-4-7-10-13-16-19-22-23-24-25-26-27-28-29-32-35-38-41-44-48(50(52)54-46-43-40-37-34-31-21-18-15-12-9-6-3)47-49(51)53-45-42-39-36-33-30-20-17-14-11-8-5-2/h32,35,48H,4-31,33-34,36-47H2,1-3H3/b35-32+. The van der Waals surface area contributed by atoms with Crippen LogP contribution in [-0.2, 0) is 19.1 Å². The van der Waals surface area contributed by atoms with Crippen molar-refractivity contribution in [3.8, 4) is 0 Å². The third-order valence-corrected chi connectivity index (χ3v) is 11.3. The monoisotopic (exact) mass is 761 g/mol. The molecule has 0 saturated heterocycles. The van der Waals surface area contributed by atoms with Gasteiger partial charge in [-0.3, -0.25) is 9.59 Å². The molecular formula is C50H96O4. The van der Waals surface area contributed by atoms with Crippen molar-refractivity contribution in [2.45, 2.75) is 278 Å². The molecular weight excluding hydrogens is 665 g/mol. The third kappa shape index (κ3) is 41.8. The topological polar surface area (TPSA) is 52.6 Å². The summed E-state index contributed by atoms with van der Waals surface area (Å²) in [7, 11) is 0. The van der Waals surface area contributed by atoms with Crippen molar-refractivity contribution in [1.82, 2.24) is 0 Å². The van der Waals surface area contributed by atoms with Gasteiger partial charge in [-0.05, 0) is 44.9 Å². The van der Waals surface area contributed by atoms with Crippen LogP contribution >= 0.6 is 0 Å². The quantitative estimate of drug-likeness (QED) is 0.0352. The molecule has 0 radical (unpaired) electrons. The third-order valence-electron chi connectivity index (χ3n) is 11.3. The molecule has 0 aromatic carbocycles. The predicted octanol–water partition coefficient (Wildman–Crippen LogP) is 16.9. The summed E-state index contributed by atoms with van der Waals surface area (Å²) in [6.07, 6.45) is 54.5. The molecule has 0 heterocycles. The summed E-state index contributed by atoms with van der Waals surface area (Å²) in [5.41, 5.74) is 0. The Morgan fingerprint density at radius 2 is 0.667 bits per heavy atom. The van der Waals surface area contributed by atoms with Crippen molar-refractivity contribution < 1.29 is 19.1 Å². The Hall–Kier alpha value is -1.32. The zero-order chi connectivity index (χ0) is 39.3. The fourth-order valence-electron chi connectivity index (χ4n) is 7.57. The molecule has 0 aromatic rings. The average Bonchev–Trinajstić information content (AvgIpc) is 3.17. The van der Waals surface area contributed by atoms with E-state index in [-0.39, 0.29) is 18.4 Å². The lowest BCUT2D eigenvalue weighted by Crippen LogP contribution is -2.23. The molecule has 0 saturated carbocycles. The normalized spacial score (nSPS) is 12.1. The molecule has 0 bridgehead atoms. The van der Waals surface area contributed by atoms with Crippen molar-refractivity contribution in [1.29, 1.82) is 0 Å². The highest BCUT2D eigenvalue weighted by atomic mass is 16.5. The van der Waals surface area contributed by atoms with E-state index in [9.17, 15) is 9.59 Å². The van der Waals surface area contributed by atoms with Crippen molar-refractivity contribution in [2.24, 2.45) is 5.92 Å². The first-order chi connectivity index (χ1) is 26.7. The van der Waals surface area contributed by atoms with Gasteiger partial charge in [0.15, 0.2) is 0 Å². The molecule has 4 heteroatoms. The minimum absolute atomic E-state index is 0.151. The first-order valence-corrected chi connectivity index (χ1v) is 24.6. The van der Waals surface area contributed by atoms with E-state index in [1.54, 1.807) is 0 Å². The van der Waals surface area contributed by atoms with Crippen LogP contribution in [0.4, 0.5) is 0 Å². The Morgan fingerprint density at radius 3 is 1.04 bits per heavy atom. The fraction of sp³-hybridized carbons (Fsp3) is 0.920. The van der Waals surface area contributed by atoms with Crippen LogP contribution < -0.4 is 0 Å². The molecule has 0 aliphatic carbocycles. The summed E-state index contributed by atoms with van der Waals surface area (Å²) in [6, 6.07) is 0. The molecule has 0 amide bonds. The minimum Gasteiger partial charge on any atom is -0.466 e. The van der Waals surface area contributed by atoms with Gasteiger partial charge in [0, 0.05) is 0 Å². The molecule has 0 rings (SSSR count). The Balaban J connectivity index is 4.24. The molecule has 0 spiro atoms. The van der Waals surface area contributed by atoms with E-state index < -0.39 is 5.92 Å². The summed E-state index contributed by atoms with van der Waals surface area (Å²) >= 11 is 0. The maximum absolute atomic E-state index is 13.1. The van der Waals surface area contributed by atoms with E-state index in [0.717, 1.165) is 44.9 Å². The summed E-state index contributed by atoms with van der Waals surface area (Å²) in [4.78, 5) is 25.9. The first-order valence-electron chi connectivity index (χ1n) is 24.6. The van der Waals surface area contributed by atoms with Gasteiger partial charge in [-0.1, -0.05) is 238 Å². The zero-order valence-electron chi connectivity index (χ0n) is 37.1. The van der Waals surface area contributed by atoms with E-state index in [0.29, 0.717) is 19.6 Å². The molecule has 1 unspecified atom stereocenters. The number of unbranched alkanes of at least 4 members (excludes halogenated alkanes) is 34. The number of esters is 2. The number of carbonyl (C=O) groups is 2.